The molecule has 0 spiro atoms. The third kappa shape index (κ3) is 5.28. The Labute approximate surface area is 212 Å². The predicted octanol–water partition coefficient (Wildman–Crippen LogP) is 6.55. The Morgan fingerprint density at radius 3 is 2.31 bits per heavy atom. The van der Waals surface area contributed by atoms with Crippen LogP contribution in [0.1, 0.15) is 38.8 Å². The normalized spacial score (nSPS) is 11.5. The summed E-state index contributed by atoms with van der Waals surface area (Å²) in [5.41, 5.74) is 1.01. The fourth-order valence-electron chi connectivity index (χ4n) is 4.32. The molecule has 0 N–H and O–H groups in total. The molecule has 9 heteroatoms. The molecule has 4 aromatic rings. The van der Waals surface area contributed by atoms with Gasteiger partial charge in [-0.15, -0.1) is 0 Å². The molecule has 0 unspecified atom stereocenters. The van der Waals surface area contributed by atoms with E-state index in [1.807, 2.05) is 0 Å². The summed E-state index contributed by atoms with van der Waals surface area (Å²) in [6.45, 7) is 3.12. The lowest BCUT2D eigenvalue weighted by atomic mass is 10.00. The van der Waals surface area contributed by atoms with Gasteiger partial charge in [0.1, 0.15) is 17.2 Å². The number of benzene rings is 2. The molecule has 0 saturated heterocycles. The van der Waals surface area contributed by atoms with Crippen LogP contribution >= 0.6 is 11.6 Å². The molecule has 36 heavy (non-hydrogen) atoms. The first-order chi connectivity index (χ1) is 17.1. The van der Waals surface area contributed by atoms with Crippen molar-refractivity contribution in [1.82, 2.24) is 19.4 Å². The van der Waals surface area contributed by atoms with Crippen LogP contribution in [0.2, 0.25) is 5.02 Å². The molecule has 2 aromatic carbocycles. The number of aromatic nitrogens is 3. The molecule has 2 heterocycles. The molecule has 0 saturated carbocycles. The monoisotopic (exact) mass is 512 g/mol. The smallest absolute Gasteiger partial charge is 0.335 e. The third-order valence-electron chi connectivity index (χ3n) is 5.87. The number of hydrogen-bond acceptors (Lipinski definition) is 3. The number of alkyl halides is 3. The Balaban J connectivity index is 1.92. The van der Waals surface area contributed by atoms with E-state index in [2.05, 4.69) is 9.97 Å². The van der Waals surface area contributed by atoms with E-state index in [1.165, 1.54) is 11.8 Å². The van der Waals surface area contributed by atoms with Gasteiger partial charge in [0, 0.05) is 30.4 Å². The minimum absolute atomic E-state index is 0.0182. The van der Waals surface area contributed by atoms with E-state index in [-0.39, 0.29) is 29.9 Å². The molecule has 4 rings (SSSR count). The van der Waals surface area contributed by atoms with Gasteiger partial charge >= 0.3 is 6.18 Å². The zero-order chi connectivity index (χ0) is 26.0. The molecule has 0 aliphatic rings. The van der Waals surface area contributed by atoms with E-state index in [1.54, 1.807) is 80.8 Å². The lowest BCUT2D eigenvalue weighted by Crippen LogP contribution is -2.30. The van der Waals surface area contributed by atoms with Gasteiger partial charge in [0.15, 0.2) is 0 Å². The zero-order valence-corrected chi connectivity index (χ0v) is 20.7. The van der Waals surface area contributed by atoms with Crippen LogP contribution < -0.4 is 0 Å². The number of halogens is 4. The summed E-state index contributed by atoms with van der Waals surface area (Å²) in [7, 11) is 1.55. The molecule has 0 aliphatic carbocycles. The number of carbonyl (C=O) groups excluding carboxylic acids is 1. The molecule has 0 bridgehead atoms. The Morgan fingerprint density at radius 2 is 1.69 bits per heavy atom. The number of hydrogen-bond donors (Lipinski definition) is 0. The van der Waals surface area contributed by atoms with Crippen molar-refractivity contribution in [2.24, 2.45) is 0 Å². The van der Waals surface area contributed by atoms with Crippen molar-refractivity contribution in [2.75, 3.05) is 7.05 Å². The summed E-state index contributed by atoms with van der Waals surface area (Å²) >= 11 is 6.04. The van der Waals surface area contributed by atoms with Crippen molar-refractivity contribution in [2.45, 2.75) is 33.1 Å². The maximum atomic E-state index is 14.5. The van der Waals surface area contributed by atoms with Gasteiger partial charge in [0.05, 0.1) is 12.2 Å². The highest BCUT2D eigenvalue weighted by molar-refractivity contribution is 6.30. The van der Waals surface area contributed by atoms with E-state index < -0.39 is 17.8 Å². The van der Waals surface area contributed by atoms with Gasteiger partial charge in [-0.2, -0.15) is 13.2 Å². The highest BCUT2D eigenvalue weighted by atomic mass is 35.5. The first kappa shape index (κ1) is 25.4. The molecule has 5 nitrogen and oxygen atoms in total. The number of rotatable bonds is 6. The summed E-state index contributed by atoms with van der Waals surface area (Å²) in [5, 5.41) is 0.445. The Hall–Kier alpha value is -3.65. The standard InChI is InChI=1S/C27H24ClF3N4O/c1-17-23(20-9-11-21(28)12-10-20)24(26(36)34(3)16-22-13-14-32-18(2)33-22)35(25(17)27(29,30)31)15-19-7-5-4-6-8-19/h4-14H,15-16H2,1-3H3. The molecule has 0 atom stereocenters. The van der Waals surface area contributed by atoms with Gasteiger partial charge in [0.25, 0.3) is 5.91 Å². The van der Waals surface area contributed by atoms with Gasteiger partial charge < -0.3 is 9.47 Å². The highest BCUT2D eigenvalue weighted by Crippen LogP contribution is 2.42. The molecule has 0 fully saturated rings. The van der Waals surface area contributed by atoms with Crippen molar-refractivity contribution in [3.63, 3.8) is 0 Å². The van der Waals surface area contributed by atoms with Crippen LogP contribution in [0, 0.1) is 13.8 Å². The quantitative estimate of drug-likeness (QED) is 0.294. The van der Waals surface area contributed by atoms with Gasteiger partial charge in [-0.3, -0.25) is 4.79 Å². The molecule has 1 amide bonds. The minimum atomic E-state index is -4.68. The second-order valence-corrected chi connectivity index (χ2v) is 8.97. The molecule has 0 aliphatic heterocycles. The average molecular weight is 513 g/mol. The van der Waals surface area contributed by atoms with Crippen molar-refractivity contribution in [3.05, 3.63) is 106 Å². The predicted molar refractivity (Wildman–Crippen MR) is 133 cm³/mol. The summed E-state index contributed by atoms with van der Waals surface area (Å²) < 4.78 is 44.5. The first-order valence-corrected chi connectivity index (χ1v) is 11.6. The molecular formula is C27H24ClF3N4O. The van der Waals surface area contributed by atoms with Crippen LogP contribution in [0.25, 0.3) is 11.1 Å². The maximum absolute atomic E-state index is 14.5. The third-order valence-corrected chi connectivity index (χ3v) is 6.13. The van der Waals surface area contributed by atoms with E-state index >= 15 is 0 Å². The molecule has 0 radical (unpaired) electrons. The van der Waals surface area contributed by atoms with Gasteiger partial charge in [-0.1, -0.05) is 54.1 Å². The fourth-order valence-corrected chi connectivity index (χ4v) is 4.44. The number of aryl methyl sites for hydroxylation is 1. The maximum Gasteiger partial charge on any atom is 0.431 e. The molecule has 186 valence electrons. The second-order valence-electron chi connectivity index (χ2n) is 8.53. The van der Waals surface area contributed by atoms with Gasteiger partial charge in [0.2, 0.25) is 0 Å². The van der Waals surface area contributed by atoms with Gasteiger partial charge in [-0.25, -0.2) is 9.97 Å². The van der Waals surface area contributed by atoms with Crippen LogP contribution in [0.15, 0.2) is 66.9 Å². The average Bonchev–Trinajstić information content (AvgIpc) is 3.11. The Bertz CT molecular complexity index is 1380. The van der Waals surface area contributed by atoms with Crippen LogP contribution in [-0.2, 0) is 19.3 Å². The number of amides is 1. The SMILES string of the molecule is Cc1nccc(CN(C)C(=O)c2c(-c3ccc(Cl)cc3)c(C)c(C(F)(F)F)n2Cc2ccccc2)n1. The van der Waals surface area contributed by atoms with Crippen molar-refractivity contribution in [3.8, 4) is 11.1 Å². The summed E-state index contributed by atoms with van der Waals surface area (Å²) in [6, 6.07) is 16.9. The van der Waals surface area contributed by atoms with Crippen molar-refractivity contribution in [1.29, 1.82) is 0 Å². The van der Waals surface area contributed by atoms with E-state index in [4.69, 9.17) is 11.6 Å². The minimum Gasteiger partial charge on any atom is -0.335 e. The lowest BCUT2D eigenvalue weighted by Gasteiger charge is -2.21. The highest BCUT2D eigenvalue weighted by Gasteiger charge is 2.41. The summed E-state index contributed by atoms with van der Waals surface area (Å²) in [6.07, 6.45) is -3.10. The number of nitrogens with zero attached hydrogens (tertiary/aromatic N) is 4. The lowest BCUT2D eigenvalue weighted by molar-refractivity contribution is -0.143. The van der Waals surface area contributed by atoms with Crippen LogP contribution in [0.3, 0.4) is 0 Å². The van der Waals surface area contributed by atoms with E-state index in [0.29, 0.717) is 27.7 Å². The van der Waals surface area contributed by atoms with Crippen LogP contribution in [-0.4, -0.2) is 32.4 Å². The topological polar surface area (TPSA) is 51.0 Å². The molecular weight excluding hydrogens is 489 g/mol. The largest absolute Gasteiger partial charge is 0.431 e. The second kappa shape index (κ2) is 10.1. The van der Waals surface area contributed by atoms with E-state index in [0.717, 1.165) is 4.57 Å². The molecule has 2 aromatic heterocycles. The van der Waals surface area contributed by atoms with Crippen molar-refractivity contribution >= 4 is 17.5 Å². The van der Waals surface area contributed by atoms with Crippen molar-refractivity contribution < 1.29 is 18.0 Å². The van der Waals surface area contributed by atoms with Gasteiger partial charge in [-0.05, 0) is 48.7 Å². The fraction of sp³-hybridized carbons (Fsp3) is 0.222. The summed E-state index contributed by atoms with van der Waals surface area (Å²) in [5.74, 6) is -0.0106. The summed E-state index contributed by atoms with van der Waals surface area (Å²) in [4.78, 5) is 23.6. The Kier molecular flexibility index (Phi) is 7.17. The van der Waals surface area contributed by atoms with Crippen LogP contribution in [0.5, 0.6) is 0 Å². The van der Waals surface area contributed by atoms with E-state index in [9.17, 15) is 18.0 Å². The number of carbonyl (C=O) groups is 1. The Morgan fingerprint density at radius 1 is 1.03 bits per heavy atom. The van der Waals surface area contributed by atoms with Crippen LogP contribution in [0.4, 0.5) is 13.2 Å². The first-order valence-electron chi connectivity index (χ1n) is 11.2. The zero-order valence-electron chi connectivity index (χ0n) is 20.0.